The van der Waals surface area contributed by atoms with Gasteiger partial charge in [0, 0.05) is 30.8 Å². The van der Waals surface area contributed by atoms with E-state index in [-0.39, 0.29) is 5.91 Å². The SMILES string of the molecule is COCCCCC(=O)N(c1ccccc1)C(C(N)=O)c1ccc(Cl)cc1. The number of rotatable bonds is 9. The zero-order chi connectivity index (χ0) is 18.9. The molecule has 2 aromatic rings. The van der Waals surface area contributed by atoms with Crippen LogP contribution in [0.4, 0.5) is 5.69 Å². The first-order valence-electron chi connectivity index (χ1n) is 8.45. The van der Waals surface area contributed by atoms with E-state index in [1.54, 1.807) is 43.5 Å². The van der Waals surface area contributed by atoms with Gasteiger partial charge in [-0.05, 0) is 42.7 Å². The van der Waals surface area contributed by atoms with E-state index in [1.165, 1.54) is 4.90 Å². The fraction of sp³-hybridized carbons (Fsp3) is 0.300. The van der Waals surface area contributed by atoms with Crippen LogP contribution in [0.3, 0.4) is 0 Å². The van der Waals surface area contributed by atoms with Gasteiger partial charge in [0.25, 0.3) is 0 Å². The highest BCUT2D eigenvalue weighted by atomic mass is 35.5. The van der Waals surface area contributed by atoms with Crippen LogP contribution in [0.5, 0.6) is 0 Å². The molecule has 1 atom stereocenters. The summed E-state index contributed by atoms with van der Waals surface area (Å²) in [6, 6.07) is 15.0. The molecule has 0 aliphatic rings. The van der Waals surface area contributed by atoms with Gasteiger partial charge in [0.2, 0.25) is 11.8 Å². The van der Waals surface area contributed by atoms with Crippen molar-refractivity contribution in [1.82, 2.24) is 0 Å². The Morgan fingerprint density at radius 2 is 1.73 bits per heavy atom. The number of amides is 2. The first kappa shape index (κ1) is 19.9. The number of nitrogens with zero attached hydrogens (tertiary/aromatic N) is 1. The lowest BCUT2D eigenvalue weighted by Gasteiger charge is -2.30. The molecule has 1 unspecified atom stereocenters. The molecule has 138 valence electrons. The number of benzene rings is 2. The monoisotopic (exact) mass is 374 g/mol. The van der Waals surface area contributed by atoms with Gasteiger partial charge in [-0.3, -0.25) is 14.5 Å². The largest absolute Gasteiger partial charge is 0.385 e. The quantitative estimate of drug-likeness (QED) is 0.680. The molecule has 0 radical (unpaired) electrons. The molecule has 0 aliphatic heterocycles. The number of hydrogen-bond donors (Lipinski definition) is 1. The summed E-state index contributed by atoms with van der Waals surface area (Å²) in [7, 11) is 1.63. The molecule has 0 fully saturated rings. The Labute approximate surface area is 158 Å². The van der Waals surface area contributed by atoms with Crippen molar-refractivity contribution in [2.75, 3.05) is 18.6 Å². The summed E-state index contributed by atoms with van der Waals surface area (Å²) in [4.78, 5) is 26.7. The predicted octanol–water partition coefficient (Wildman–Crippen LogP) is 3.72. The lowest BCUT2D eigenvalue weighted by Crippen LogP contribution is -2.42. The third-order valence-corrected chi connectivity index (χ3v) is 4.26. The van der Waals surface area contributed by atoms with Crippen molar-refractivity contribution in [3.05, 3.63) is 65.2 Å². The highest BCUT2D eigenvalue weighted by Gasteiger charge is 2.30. The summed E-state index contributed by atoms with van der Waals surface area (Å²) in [5, 5.41) is 0.550. The molecule has 2 N–H and O–H groups in total. The van der Waals surface area contributed by atoms with Crippen molar-refractivity contribution in [2.45, 2.75) is 25.3 Å². The van der Waals surface area contributed by atoms with E-state index >= 15 is 0 Å². The summed E-state index contributed by atoms with van der Waals surface area (Å²) >= 11 is 5.94. The second kappa shape index (κ2) is 9.94. The Hall–Kier alpha value is -2.37. The van der Waals surface area contributed by atoms with Crippen LogP contribution >= 0.6 is 11.6 Å². The van der Waals surface area contributed by atoms with Crippen LogP contribution < -0.4 is 10.6 Å². The number of unbranched alkanes of at least 4 members (excludes halogenated alkanes) is 1. The molecule has 0 heterocycles. The number of primary amides is 1. The minimum absolute atomic E-state index is 0.161. The van der Waals surface area contributed by atoms with Crippen molar-refractivity contribution in [3.8, 4) is 0 Å². The molecule has 0 spiro atoms. The number of methoxy groups -OCH3 is 1. The van der Waals surface area contributed by atoms with Gasteiger partial charge < -0.3 is 10.5 Å². The highest BCUT2D eigenvalue weighted by molar-refractivity contribution is 6.30. The zero-order valence-electron chi connectivity index (χ0n) is 14.7. The van der Waals surface area contributed by atoms with Gasteiger partial charge in [-0.25, -0.2) is 0 Å². The Bertz CT molecular complexity index is 720. The fourth-order valence-corrected chi connectivity index (χ4v) is 2.88. The minimum Gasteiger partial charge on any atom is -0.385 e. The van der Waals surface area contributed by atoms with Gasteiger partial charge in [-0.1, -0.05) is 41.9 Å². The van der Waals surface area contributed by atoms with Gasteiger partial charge in [-0.2, -0.15) is 0 Å². The number of nitrogens with two attached hydrogens (primary N) is 1. The van der Waals surface area contributed by atoms with Crippen LogP contribution in [0.25, 0.3) is 0 Å². The third kappa shape index (κ3) is 5.31. The van der Waals surface area contributed by atoms with Crippen molar-refractivity contribution in [2.24, 2.45) is 5.73 Å². The van der Waals surface area contributed by atoms with Crippen molar-refractivity contribution < 1.29 is 14.3 Å². The van der Waals surface area contributed by atoms with Gasteiger partial charge in [0.1, 0.15) is 6.04 Å². The molecule has 2 rings (SSSR count). The van der Waals surface area contributed by atoms with Crippen molar-refractivity contribution in [1.29, 1.82) is 0 Å². The molecule has 2 aromatic carbocycles. The smallest absolute Gasteiger partial charge is 0.245 e. The summed E-state index contributed by atoms with van der Waals surface area (Å²) < 4.78 is 5.02. The van der Waals surface area contributed by atoms with E-state index in [0.29, 0.717) is 35.7 Å². The van der Waals surface area contributed by atoms with E-state index in [0.717, 1.165) is 6.42 Å². The van der Waals surface area contributed by atoms with Crippen molar-refractivity contribution in [3.63, 3.8) is 0 Å². The Morgan fingerprint density at radius 1 is 1.08 bits per heavy atom. The first-order valence-corrected chi connectivity index (χ1v) is 8.83. The molecule has 0 bridgehead atoms. The van der Waals surface area contributed by atoms with Crippen LogP contribution in [0, 0.1) is 0 Å². The average molecular weight is 375 g/mol. The number of halogens is 1. The molecule has 0 aromatic heterocycles. The summed E-state index contributed by atoms with van der Waals surface area (Å²) in [5.41, 5.74) is 6.92. The number of ether oxygens (including phenoxy) is 1. The van der Waals surface area contributed by atoms with E-state index in [1.807, 2.05) is 18.2 Å². The molecule has 5 nitrogen and oxygen atoms in total. The lowest BCUT2D eigenvalue weighted by molar-refractivity contribution is -0.124. The second-order valence-corrected chi connectivity index (χ2v) is 6.34. The summed E-state index contributed by atoms with van der Waals surface area (Å²) in [5.74, 6) is -0.757. The normalized spacial score (nSPS) is 11.8. The third-order valence-electron chi connectivity index (χ3n) is 4.01. The maximum Gasteiger partial charge on any atom is 0.245 e. The van der Waals surface area contributed by atoms with Gasteiger partial charge in [0.05, 0.1) is 0 Å². The summed E-state index contributed by atoms with van der Waals surface area (Å²) in [6.07, 6.45) is 1.74. The van der Waals surface area contributed by atoms with E-state index in [4.69, 9.17) is 22.1 Å². The van der Waals surface area contributed by atoms with E-state index in [2.05, 4.69) is 0 Å². The van der Waals surface area contributed by atoms with E-state index in [9.17, 15) is 9.59 Å². The number of hydrogen-bond acceptors (Lipinski definition) is 3. The van der Waals surface area contributed by atoms with Gasteiger partial charge in [-0.15, -0.1) is 0 Å². The van der Waals surface area contributed by atoms with Gasteiger partial charge >= 0.3 is 0 Å². The molecule has 0 aliphatic carbocycles. The molecular formula is C20H23ClN2O3. The molecule has 0 saturated heterocycles. The lowest BCUT2D eigenvalue weighted by atomic mass is 10.0. The first-order chi connectivity index (χ1) is 12.5. The molecule has 6 heteroatoms. The standard InChI is InChI=1S/C20H23ClN2O3/c1-26-14-6-5-9-18(24)23(17-7-3-2-4-8-17)19(20(22)25)15-10-12-16(21)13-11-15/h2-4,7-8,10-13,19H,5-6,9,14H2,1H3,(H2,22,25). The maximum absolute atomic E-state index is 12.9. The van der Waals surface area contributed by atoms with Crippen LogP contribution in [0.2, 0.25) is 5.02 Å². The Balaban J connectivity index is 2.35. The van der Waals surface area contributed by atoms with Crippen LogP contribution in [0.1, 0.15) is 30.9 Å². The Kier molecular flexibility index (Phi) is 7.63. The summed E-state index contributed by atoms with van der Waals surface area (Å²) in [6.45, 7) is 0.592. The molecule has 0 saturated carbocycles. The number of anilines is 1. The number of para-hydroxylation sites is 1. The molecular weight excluding hydrogens is 352 g/mol. The van der Waals surface area contributed by atoms with Crippen LogP contribution in [-0.2, 0) is 14.3 Å². The van der Waals surface area contributed by atoms with E-state index < -0.39 is 11.9 Å². The van der Waals surface area contributed by atoms with Gasteiger partial charge in [0.15, 0.2) is 0 Å². The van der Waals surface area contributed by atoms with Crippen LogP contribution in [-0.4, -0.2) is 25.5 Å². The fourth-order valence-electron chi connectivity index (χ4n) is 2.75. The minimum atomic E-state index is -0.899. The topological polar surface area (TPSA) is 72.6 Å². The highest BCUT2D eigenvalue weighted by Crippen LogP contribution is 2.29. The predicted molar refractivity (Wildman–Crippen MR) is 103 cm³/mol. The van der Waals surface area contributed by atoms with Crippen molar-refractivity contribution >= 4 is 29.1 Å². The second-order valence-electron chi connectivity index (χ2n) is 5.91. The Morgan fingerprint density at radius 3 is 2.31 bits per heavy atom. The molecule has 2 amide bonds. The molecule has 26 heavy (non-hydrogen) atoms. The van der Waals surface area contributed by atoms with Crippen LogP contribution in [0.15, 0.2) is 54.6 Å². The maximum atomic E-state index is 12.9. The average Bonchev–Trinajstić information content (AvgIpc) is 2.64. The number of carbonyl (C=O) groups excluding carboxylic acids is 2. The zero-order valence-corrected chi connectivity index (χ0v) is 15.5. The number of carbonyl (C=O) groups is 2.